The van der Waals surface area contributed by atoms with Crippen LogP contribution in [0.15, 0.2) is 36.0 Å². The summed E-state index contributed by atoms with van der Waals surface area (Å²) in [4.78, 5) is 25.1. The summed E-state index contributed by atoms with van der Waals surface area (Å²) in [6, 6.07) is 0. The van der Waals surface area contributed by atoms with Crippen LogP contribution < -0.4 is 0 Å². The van der Waals surface area contributed by atoms with Crippen LogP contribution in [0.5, 0.6) is 0 Å². The van der Waals surface area contributed by atoms with Crippen molar-refractivity contribution >= 4 is 11.6 Å². The van der Waals surface area contributed by atoms with Crippen LogP contribution in [0.3, 0.4) is 0 Å². The summed E-state index contributed by atoms with van der Waals surface area (Å²) >= 11 is 0. The Morgan fingerprint density at radius 2 is 2.24 bits per heavy atom. The predicted molar refractivity (Wildman–Crippen MR) is 77.6 cm³/mol. The van der Waals surface area contributed by atoms with Crippen LogP contribution in [0.25, 0.3) is 0 Å². The minimum Gasteiger partial charge on any atom is -0.388 e. The van der Waals surface area contributed by atoms with E-state index in [0.717, 1.165) is 19.3 Å². The molecule has 0 amide bonds. The Balaban J connectivity index is 1.92. The molecule has 1 aliphatic heterocycles. The maximum absolute atomic E-state index is 12.6. The molecule has 1 N–H and O–H groups in total. The van der Waals surface area contributed by atoms with Crippen LogP contribution in [0.4, 0.5) is 0 Å². The molecule has 2 aliphatic carbocycles. The number of rotatable bonds is 5. The van der Waals surface area contributed by atoms with Crippen LogP contribution in [0.2, 0.25) is 0 Å². The van der Waals surface area contributed by atoms with Gasteiger partial charge < -0.3 is 9.84 Å². The van der Waals surface area contributed by atoms with Gasteiger partial charge in [-0.1, -0.05) is 38.0 Å². The smallest absolute Gasteiger partial charge is 0.198 e. The maximum Gasteiger partial charge on any atom is 0.198 e. The number of Topliss-reactive ketones (excluding diaryl/α,β-unsaturated/α-hetero) is 2. The van der Waals surface area contributed by atoms with Crippen molar-refractivity contribution in [3.8, 4) is 0 Å². The molecule has 0 aromatic heterocycles. The highest BCUT2D eigenvalue weighted by molar-refractivity contribution is 6.23. The third-order valence-electron chi connectivity index (χ3n) is 4.67. The number of aliphatic hydroxyl groups is 1. The molecule has 4 atom stereocenters. The summed E-state index contributed by atoms with van der Waals surface area (Å²) < 4.78 is 5.43. The predicted octanol–water partition coefficient (Wildman–Crippen LogP) is 1.89. The fraction of sp³-hybridized carbons (Fsp3) is 0.529. The Morgan fingerprint density at radius 3 is 2.90 bits per heavy atom. The lowest BCUT2D eigenvalue weighted by molar-refractivity contribution is -0.123. The fourth-order valence-corrected chi connectivity index (χ4v) is 3.40. The normalized spacial score (nSPS) is 37.3. The zero-order chi connectivity index (χ0) is 15.2. The van der Waals surface area contributed by atoms with E-state index in [0.29, 0.717) is 12.0 Å². The highest BCUT2D eigenvalue weighted by Gasteiger charge is 2.69. The molecule has 0 saturated carbocycles. The second kappa shape index (κ2) is 5.04. The molecule has 1 heterocycles. The van der Waals surface area contributed by atoms with Gasteiger partial charge >= 0.3 is 0 Å². The lowest BCUT2D eigenvalue weighted by Gasteiger charge is -2.30. The number of hydrogen-bond donors (Lipinski definition) is 1. The van der Waals surface area contributed by atoms with Crippen LogP contribution in [-0.4, -0.2) is 34.5 Å². The highest BCUT2D eigenvalue weighted by Crippen LogP contribution is 2.50. The molecule has 1 fully saturated rings. The maximum atomic E-state index is 12.6. The highest BCUT2D eigenvalue weighted by atomic mass is 16.6. The van der Waals surface area contributed by atoms with Gasteiger partial charge in [-0.3, -0.25) is 9.59 Å². The van der Waals surface area contributed by atoms with Crippen molar-refractivity contribution in [1.82, 2.24) is 0 Å². The molecular formula is C17H20O4. The molecule has 0 radical (unpaired) electrons. The minimum atomic E-state index is -1.04. The van der Waals surface area contributed by atoms with Crippen LogP contribution in [0, 0.1) is 5.92 Å². The second-order valence-electron chi connectivity index (χ2n) is 6.01. The van der Waals surface area contributed by atoms with E-state index >= 15 is 0 Å². The Kier molecular flexibility index (Phi) is 3.46. The van der Waals surface area contributed by atoms with Crippen LogP contribution in [0.1, 0.15) is 32.6 Å². The molecule has 4 heteroatoms. The van der Waals surface area contributed by atoms with E-state index < -0.39 is 17.8 Å². The van der Waals surface area contributed by atoms with Crippen molar-refractivity contribution in [3.05, 3.63) is 36.0 Å². The first-order valence-corrected chi connectivity index (χ1v) is 7.55. The average Bonchev–Trinajstić information content (AvgIpc) is 3.20. The summed E-state index contributed by atoms with van der Waals surface area (Å²) in [5, 5.41) is 10.5. The van der Waals surface area contributed by atoms with Gasteiger partial charge in [0, 0.05) is 23.5 Å². The number of carbonyl (C=O) groups excluding carboxylic acids is 2. The number of hydrogen-bond acceptors (Lipinski definition) is 4. The quantitative estimate of drug-likeness (QED) is 0.619. The summed E-state index contributed by atoms with van der Waals surface area (Å²) in [5.41, 5.74) is -0.459. The first-order valence-electron chi connectivity index (χ1n) is 7.55. The molecule has 21 heavy (non-hydrogen) atoms. The lowest BCUT2D eigenvalue weighted by Crippen LogP contribution is -2.43. The summed E-state index contributed by atoms with van der Waals surface area (Å²) in [6.45, 7) is 5.71. The average molecular weight is 288 g/mol. The van der Waals surface area contributed by atoms with Gasteiger partial charge in [0.05, 0.1) is 6.10 Å². The Labute approximate surface area is 124 Å². The van der Waals surface area contributed by atoms with E-state index in [9.17, 15) is 14.7 Å². The Bertz CT molecular complexity index is 571. The number of aliphatic hydroxyl groups excluding tert-OH is 1. The standard InChI is InChI=1S/C17H20O4/c1-3-5-6-10-7-8-11-12(13(10)18)14(19)16-17(21-16,9-4-2)15(11)20/h4,7-8,10,13,16,18H,2-3,5-6,9H2,1H3/t10-,13-,16+,17-/m1/s1. The molecule has 3 rings (SSSR count). The largest absolute Gasteiger partial charge is 0.388 e. The third-order valence-corrected chi connectivity index (χ3v) is 4.67. The van der Waals surface area contributed by atoms with Gasteiger partial charge in [0.25, 0.3) is 0 Å². The summed E-state index contributed by atoms with van der Waals surface area (Å²) in [6.07, 6.45) is 6.71. The molecular weight excluding hydrogens is 268 g/mol. The van der Waals surface area contributed by atoms with Crippen molar-refractivity contribution in [2.24, 2.45) is 5.92 Å². The van der Waals surface area contributed by atoms with E-state index in [1.807, 2.05) is 6.08 Å². The summed E-state index contributed by atoms with van der Waals surface area (Å²) in [7, 11) is 0. The minimum absolute atomic E-state index is 0.0916. The van der Waals surface area contributed by atoms with E-state index in [-0.39, 0.29) is 23.1 Å². The van der Waals surface area contributed by atoms with Crippen LogP contribution >= 0.6 is 0 Å². The van der Waals surface area contributed by atoms with Crippen molar-refractivity contribution in [2.45, 2.75) is 50.4 Å². The van der Waals surface area contributed by atoms with E-state index in [1.54, 1.807) is 12.2 Å². The molecule has 0 spiro atoms. The molecule has 4 nitrogen and oxygen atoms in total. The van der Waals surface area contributed by atoms with Gasteiger partial charge in [0.1, 0.15) is 0 Å². The topological polar surface area (TPSA) is 66.9 Å². The zero-order valence-corrected chi connectivity index (χ0v) is 12.2. The fourth-order valence-electron chi connectivity index (χ4n) is 3.40. The third kappa shape index (κ3) is 1.97. The van der Waals surface area contributed by atoms with Crippen LogP contribution in [-0.2, 0) is 14.3 Å². The number of carbonyl (C=O) groups is 2. The number of unbranched alkanes of at least 4 members (excludes halogenated alkanes) is 1. The summed E-state index contributed by atoms with van der Waals surface area (Å²) in [5.74, 6) is -0.512. The first-order chi connectivity index (χ1) is 10.1. The molecule has 3 aliphatic rings. The van der Waals surface area contributed by atoms with Gasteiger partial charge in [-0.05, 0) is 6.42 Å². The van der Waals surface area contributed by atoms with Gasteiger partial charge in [0.15, 0.2) is 23.3 Å². The number of fused-ring (bicyclic) bond motifs is 1. The molecule has 1 saturated heterocycles. The lowest BCUT2D eigenvalue weighted by atomic mass is 9.72. The van der Waals surface area contributed by atoms with Crippen molar-refractivity contribution in [1.29, 1.82) is 0 Å². The van der Waals surface area contributed by atoms with Gasteiger partial charge in [-0.25, -0.2) is 0 Å². The van der Waals surface area contributed by atoms with E-state index in [4.69, 9.17) is 4.74 Å². The van der Waals surface area contributed by atoms with E-state index in [1.165, 1.54) is 0 Å². The van der Waals surface area contributed by atoms with Gasteiger partial charge in [0.2, 0.25) is 0 Å². The monoisotopic (exact) mass is 288 g/mol. The van der Waals surface area contributed by atoms with Crippen molar-refractivity contribution in [3.63, 3.8) is 0 Å². The SMILES string of the molecule is C=CC[C@]12O[C@H]1C(=O)C1=C(C=C[C@@H](CCCC)[C@H]1O)C2=O. The Hall–Kier alpha value is -1.52. The zero-order valence-electron chi connectivity index (χ0n) is 12.2. The molecule has 0 aromatic rings. The number of ketones is 2. The number of ether oxygens (including phenoxy) is 1. The molecule has 0 bridgehead atoms. The molecule has 0 aromatic carbocycles. The van der Waals surface area contributed by atoms with Crippen molar-refractivity contribution in [2.75, 3.05) is 0 Å². The Morgan fingerprint density at radius 1 is 1.48 bits per heavy atom. The first kappa shape index (κ1) is 14.4. The van der Waals surface area contributed by atoms with Gasteiger partial charge in [-0.2, -0.15) is 0 Å². The van der Waals surface area contributed by atoms with E-state index in [2.05, 4.69) is 13.5 Å². The molecule has 0 unspecified atom stereocenters. The molecule has 112 valence electrons. The second-order valence-corrected chi connectivity index (χ2v) is 6.01. The number of allylic oxidation sites excluding steroid dienone is 1. The number of epoxide rings is 1. The van der Waals surface area contributed by atoms with Gasteiger partial charge in [-0.15, -0.1) is 6.58 Å². The van der Waals surface area contributed by atoms with Crippen molar-refractivity contribution < 1.29 is 19.4 Å².